The monoisotopic (exact) mass is 191 g/mol. The van der Waals surface area contributed by atoms with Gasteiger partial charge in [0.1, 0.15) is 0 Å². The first-order chi connectivity index (χ1) is 4.04. The van der Waals surface area contributed by atoms with Crippen molar-refractivity contribution < 1.29 is 4.79 Å². The van der Waals surface area contributed by atoms with Gasteiger partial charge in [-0.05, 0) is 22.9 Å². The molecule has 0 aromatic heterocycles. The summed E-state index contributed by atoms with van der Waals surface area (Å²) in [6.45, 7) is 1.52. The fourth-order valence-corrected chi connectivity index (χ4v) is 0.619. The van der Waals surface area contributed by atoms with Crippen LogP contribution in [0.15, 0.2) is 10.7 Å². The van der Waals surface area contributed by atoms with Gasteiger partial charge in [-0.2, -0.15) is 0 Å². The van der Waals surface area contributed by atoms with E-state index in [1.54, 1.807) is 0 Å². The van der Waals surface area contributed by atoms with Crippen molar-refractivity contribution in [3.05, 3.63) is 10.7 Å². The Morgan fingerprint density at radius 1 is 1.56 bits per heavy atom. The van der Waals surface area contributed by atoms with E-state index in [1.807, 2.05) is 19.0 Å². The Labute approximate surface area is 63.7 Å². The summed E-state index contributed by atoms with van der Waals surface area (Å²) in [6, 6.07) is 0. The molecule has 9 heavy (non-hydrogen) atoms. The lowest BCUT2D eigenvalue weighted by Crippen LogP contribution is -2.06. The van der Waals surface area contributed by atoms with Gasteiger partial charge in [0.05, 0.1) is 4.61 Å². The van der Waals surface area contributed by atoms with E-state index in [9.17, 15) is 4.79 Å². The zero-order valence-corrected chi connectivity index (χ0v) is 7.40. The van der Waals surface area contributed by atoms with Crippen molar-refractivity contribution in [3.8, 4) is 0 Å². The molecule has 0 saturated heterocycles. The predicted octanol–water partition coefficient (Wildman–Crippen LogP) is 1.37. The summed E-state index contributed by atoms with van der Waals surface area (Å²) < 4.78 is 0.801. The Bertz CT molecular complexity index is 140. The van der Waals surface area contributed by atoms with Crippen LogP contribution in [0.3, 0.4) is 0 Å². The number of nitrogens with zero attached hydrogens (tertiary/aromatic N) is 1. The molecule has 0 aliphatic heterocycles. The number of hydrogen-bond donors (Lipinski definition) is 0. The highest BCUT2D eigenvalue weighted by Crippen LogP contribution is 2.06. The molecule has 52 valence electrons. The van der Waals surface area contributed by atoms with Crippen molar-refractivity contribution in [2.24, 2.45) is 0 Å². The lowest BCUT2D eigenvalue weighted by atomic mass is 10.4. The van der Waals surface area contributed by atoms with Crippen LogP contribution < -0.4 is 0 Å². The molecule has 3 heteroatoms. The first-order valence-corrected chi connectivity index (χ1v) is 3.38. The highest BCUT2D eigenvalue weighted by molar-refractivity contribution is 9.11. The second-order valence-electron chi connectivity index (χ2n) is 1.97. The maximum Gasteiger partial charge on any atom is 0.155 e. The number of allylic oxidation sites excluding steroid dienone is 1. The molecule has 0 saturated carbocycles. The quantitative estimate of drug-likeness (QED) is 0.486. The standard InChI is InChI=1S/C6H10BrNO/c1-5(9)4-6(7)8(2)3/h4H,1-3H3/b6-4-. The topological polar surface area (TPSA) is 20.3 Å². The van der Waals surface area contributed by atoms with E-state index in [0.717, 1.165) is 4.61 Å². The second-order valence-corrected chi connectivity index (χ2v) is 2.78. The van der Waals surface area contributed by atoms with Gasteiger partial charge in [0.15, 0.2) is 5.78 Å². The molecule has 0 N–H and O–H groups in total. The lowest BCUT2D eigenvalue weighted by Gasteiger charge is -2.08. The van der Waals surface area contributed by atoms with E-state index in [2.05, 4.69) is 15.9 Å². The van der Waals surface area contributed by atoms with Crippen molar-refractivity contribution in [2.75, 3.05) is 14.1 Å². The fourth-order valence-electron chi connectivity index (χ4n) is 0.297. The van der Waals surface area contributed by atoms with Gasteiger partial charge in [-0.3, -0.25) is 4.79 Å². The molecule has 0 radical (unpaired) electrons. The molecule has 0 spiro atoms. The molecule has 0 unspecified atom stereocenters. The zero-order valence-electron chi connectivity index (χ0n) is 5.81. The Morgan fingerprint density at radius 3 is 2.11 bits per heavy atom. The second kappa shape index (κ2) is 3.67. The highest BCUT2D eigenvalue weighted by atomic mass is 79.9. The van der Waals surface area contributed by atoms with Crippen LogP contribution in [0, 0.1) is 0 Å². The number of hydrogen-bond acceptors (Lipinski definition) is 2. The maximum atomic E-state index is 10.4. The zero-order chi connectivity index (χ0) is 7.44. The first-order valence-electron chi connectivity index (χ1n) is 2.59. The average Bonchev–Trinajstić information content (AvgIpc) is 1.63. The van der Waals surface area contributed by atoms with Crippen LogP contribution in [0.25, 0.3) is 0 Å². The van der Waals surface area contributed by atoms with Gasteiger partial charge in [0.2, 0.25) is 0 Å². The van der Waals surface area contributed by atoms with Crippen LogP contribution in [0.2, 0.25) is 0 Å². The molecule has 0 aliphatic rings. The molecule has 0 rings (SSSR count). The normalized spacial score (nSPS) is 11.3. The minimum absolute atomic E-state index is 0.0515. The summed E-state index contributed by atoms with van der Waals surface area (Å²) in [6.07, 6.45) is 1.53. The summed E-state index contributed by atoms with van der Waals surface area (Å²) in [5.41, 5.74) is 0. The third-order valence-electron chi connectivity index (χ3n) is 0.750. The molecule has 2 nitrogen and oxygen atoms in total. The SMILES string of the molecule is CC(=O)/C=C(/Br)N(C)C. The molecule has 0 bridgehead atoms. The van der Waals surface area contributed by atoms with Crippen LogP contribution in [-0.4, -0.2) is 24.8 Å². The summed E-state index contributed by atoms with van der Waals surface area (Å²) in [5.74, 6) is 0.0515. The predicted molar refractivity (Wildman–Crippen MR) is 41.4 cm³/mol. The van der Waals surface area contributed by atoms with Gasteiger partial charge < -0.3 is 4.90 Å². The third kappa shape index (κ3) is 4.21. The van der Waals surface area contributed by atoms with Gasteiger partial charge in [-0.15, -0.1) is 0 Å². The number of rotatable bonds is 2. The Morgan fingerprint density at radius 2 is 2.00 bits per heavy atom. The minimum atomic E-state index is 0.0515. The fraction of sp³-hybridized carbons (Fsp3) is 0.500. The van der Waals surface area contributed by atoms with Crippen LogP contribution in [0.4, 0.5) is 0 Å². The molecule has 0 amide bonds. The van der Waals surface area contributed by atoms with Gasteiger partial charge in [0, 0.05) is 20.2 Å². The van der Waals surface area contributed by atoms with Gasteiger partial charge >= 0.3 is 0 Å². The number of ketones is 1. The average molecular weight is 192 g/mol. The van der Waals surface area contributed by atoms with E-state index >= 15 is 0 Å². The van der Waals surface area contributed by atoms with E-state index in [0.29, 0.717) is 0 Å². The number of halogens is 1. The van der Waals surface area contributed by atoms with Crippen LogP contribution in [-0.2, 0) is 4.79 Å². The lowest BCUT2D eigenvalue weighted by molar-refractivity contribution is -0.112. The summed E-state index contributed by atoms with van der Waals surface area (Å²) in [4.78, 5) is 12.2. The van der Waals surface area contributed by atoms with Crippen molar-refractivity contribution in [1.82, 2.24) is 4.90 Å². The Balaban J connectivity index is 4.00. The summed E-state index contributed by atoms with van der Waals surface area (Å²) >= 11 is 3.21. The van der Waals surface area contributed by atoms with Crippen molar-refractivity contribution in [3.63, 3.8) is 0 Å². The molecule has 0 aliphatic carbocycles. The van der Waals surface area contributed by atoms with Crippen LogP contribution in [0.5, 0.6) is 0 Å². The molecule has 0 aromatic carbocycles. The molecular formula is C6H10BrNO. The first kappa shape index (κ1) is 8.69. The summed E-state index contributed by atoms with van der Waals surface area (Å²) in [5, 5.41) is 0. The van der Waals surface area contributed by atoms with Crippen LogP contribution in [0.1, 0.15) is 6.92 Å². The Hall–Kier alpha value is -0.310. The van der Waals surface area contributed by atoms with E-state index in [1.165, 1.54) is 13.0 Å². The van der Waals surface area contributed by atoms with E-state index in [-0.39, 0.29) is 5.78 Å². The molecule has 0 aromatic rings. The summed E-state index contributed by atoms with van der Waals surface area (Å²) in [7, 11) is 3.73. The van der Waals surface area contributed by atoms with Gasteiger partial charge in [-0.25, -0.2) is 0 Å². The van der Waals surface area contributed by atoms with E-state index < -0.39 is 0 Å². The smallest absolute Gasteiger partial charge is 0.155 e. The van der Waals surface area contributed by atoms with Crippen molar-refractivity contribution in [1.29, 1.82) is 0 Å². The third-order valence-corrected chi connectivity index (χ3v) is 1.69. The van der Waals surface area contributed by atoms with Gasteiger partial charge in [-0.1, -0.05) is 0 Å². The number of carbonyl (C=O) groups excluding carboxylic acids is 1. The number of carbonyl (C=O) groups is 1. The molecule has 0 fully saturated rings. The van der Waals surface area contributed by atoms with Crippen molar-refractivity contribution >= 4 is 21.7 Å². The van der Waals surface area contributed by atoms with Gasteiger partial charge in [0.25, 0.3) is 0 Å². The Kier molecular flexibility index (Phi) is 3.54. The van der Waals surface area contributed by atoms with Crippen molar-refractivity contribution in [2.45, 2.75) is 6.92 Å². The molecule has 0 heterocycles. The largest absolute Gasteiger partial charge is 0.372 e. The molecule has 0 atom stereocenters. The highest BCUT2D eigenvalue weighted by Gasteiger charge is 1.93. The van der Waals surface area contributed by atoms with Crippen LogP contribution >= 0.6 is 15.9 Å². The van der Waals surface area contributed by atoms with E-state index in [4.69, 9.17) is 0 Å². The minimum Gasteiger partial charge on any atom is -0.372 e. The molecular weight excluding hydrogens is 182 g/mol. The maximum absolute atomic E-state index is 10.4.